The molecule has 3 rings (SSSR count). The van der Waals surface area contributed by atoms with Crippen molar-refractivity contribution in [1.29, 1.82) is 0 Å². The third-order valence-electron chi connectivity index (χ3n) is 3.42. The molecule has 2 aromatic rings. The number of benzene rings is 1. The van der Waals surface area contributed by atoms with E-state index in [1.54, 1.807) is 18.3 Å². The predicted octanol–water partition coefficient (Wildman–Crippen LogP) is 2.34. The molecule has 1 atom stereocenters. The molecule has 0 amide bonds. The van der Waals surface area contributed by atoms with Gasteiger partial charge in [-0.25, -0.2) is 0 Å². The summed E-state index contributed by atoms with van der Waals surface area (Å²) in [5.74, 6) is 1.19. The second-order valence-corrected chi connectivity index (χ2v) is 4.71. The van der Waals surface area contributed by atoms with Crippen molar-refractivity contribution in [2.45, 2.75) is 25.3 Å². The predicted molar refractivity (Wildman–Crippen MR) is 68.3 cm³/mol. The smallest absolute Gasteiger partial charge is 0.146 e. The van der Waals surface area contributed by atoms with Crippen molar-refractivity contribution >= 4 is 0 Å². The summed E-state index contributed by atoms with van der Waals surface area (Å²) in [5, 5.41) is 16.7. The monoisotopic (exact) mass is 244 g/mol. The molecule has 2 N–H and O–H groups in total. The van der Waals surface area contributed by atoms with Crippen molar-refractivity contribution < 1.29 is 9.63 Å². The van der Waals surface area contributed by atoms with Gasteiger partial charge in [-0.3, -0.25) is 0 Å². The van der Waals surface area contributed by atoms with E-state index in [9.17, 15) is 5.11 Å². The SMILES string of the molecule is Oc1ccc(-c2cnoc2CC2CCCN2)cc1. The summed E-state index contributed by atoms with van der Waals surface area (Å²) in [7, 11) is 0. The highest BCUT2D eigenvalue weighted by molar-refractivity contribution is 5.65. The van der Waals surface area contributed by atoms with E-state index in [1.807, 2.05) is 12.1 Å². The van der Waals surface area contributed by atoms with Gasteiger partial charge in [0, 0.05) is 18.0 Å². The maximum Gasteiger partial charge on any atom is 0.146 e. The number of aromatic nitrogens is 1. The summed E-state index contributed by atoms with van der Waals surface area (Å²) in [6.45, 7) is 1.09. The highest BCUT2D eigenvalue weighted by Crippen LogP contribution is 2.27. The molecule has 0 spiro atoms. The van der Waals surface area contributed by atoms with Crippen LogP contribution in [0.2, 0.25) is 0 Å². The van der Waals surface area contributed by atoms with Crippen LogP contribution >= 0.6 is 0 Å². The first-order valence-electron chi connectivity index (χ1n) is 6.29. The first-order chi connectivity index (χ1) is 8.83. The molecule has 2 heterocycles. The lowest BCUT2D eigenvalue weighted by Crippen LogP contribution is -2.23. The Morgan fingerprint density at radius 3 is 2.89 bits per heavy atom. The fourth-order valence-electron chi connectivity index (χ4n) is 2.44. The molecular weight excluding hydrogens is 228 g/mol. The van der Waals surface area contributed by atoms with E-state index in [-0.39, 0.29) is 5.75 Å². The molecule has 18 heavy (non-hydrogen) atoms. The minimum absolute atomic E-state index is 0.272. The number of rotatable bonds is 3. The summed E-state index contributed by atoms with van der Waals surface area (Å²) in [5.41, 5.74) is 2.05. The molecule has 1 aromatic carbocycles. The third kappa shape index (κ3) is 2.24. The minimum Gasteiger partial charge on any atom is -0.508 e. The Morgan fingerprint density at radius 2 is 2.17 bits per heavy atom. The van der Waals surface area contributed by atoms with Crippen LogP contribution in [-0.2, 0) is 6.42 Å². The van der Waals surface area contributed by atoms with Gasteiger partial charge in [0.25, 0.3) is 0 Å². The zero-order chi connectivity index (χ0) is 12.4. The van der Waals surface area contributed by atoms with Gasteiger partial charge in [0.2, 0.25) is 0 Å². The van der Waals surface area contributed by atoms with Crippen molar-refractivity contribution in [2.24, 2.45) is 0 Å². The average Bonchev–Trinajstić information content (AvgIpc) is 3.02. The first kappa shape index (κ1) is 11.3. The van der Waals surface area contributed by atoms with E-state index in [4.69, 9.17) is 4.52 Å². The van der Waals surface area contributed by atoms with Crippen LogP contribution in [0.15, 0.2) is 35.0 Å². The second-order valence-electron chi connectivity index (χ2n) is 4.71. The van der Waals surface area contributed by atoms with Crippen LogP contribution in [0.1, 0.15) is 18.6 Å². The number of nitrogens with one attached hydrogen (secondary N) is 1. The maximum absolute atomic E-state index is 9.30. The topological polar surface area (TPSA) is 58.3 Å². The van der Waals surface area contributed by atoms with Gasteiger partial charge in [0.1, 0.15) is 11.5 Å². The quantitative estimate of drug-likeness (QED) is 0.870. The lowest BCUT2D eigenvalue weighted by molar-refractivity contribution is 0.370. The van der Waals surface area contributed by atoms with Crippen molar-refractivity contribution in [1.82, 2.24) is 10.5 Å². The maximum atomic E-state index is 9.30. The summed E-state index contributed by atoms with van der Waals surface area (Å²) >= 11 is 0. The van der Waals surface area contributed by atoms with E-state index < -0.39 is 0 Å². The van der Waals surface area contributed by atoms with Crippen LogP contribution < -0.4 is 5.32 Å². The number of hydrogen-bond donors (Lipinski definition) is 2. The summed E-state index contributed by atoms with van der Waals surface area (Å²) in [6.07, 6.45) is 5.04. The fraction of sp³-hybridized carbons (Fsp3) is 0.357. The summed E-state index contributed by atoms with van der Waals surface area (Å²) in [6, 6.07) is 7.62. The lowest BCUT2D eigenvalue weighted by atomic mass is 10.0. The van der Waals surface area contributed by atoms with E-state index >= 15 is 0 Å². The molecule has 1 unspecified atom stereocenters. The Bertz CT molecular complexity index is 513. The summed E-state index contributed by atoms with van der Waals surface area (Å²) < 4.78 is 5.36. The van der Waals surface area contributed by atoms with Gasteiger partial charge >= 0.3 is 0 Å². The minimum atomic E-state index is 0.272. The number of aromatic hydroxyl groups is 1. The van der Waals surface area contributed by atoms with Crippen LogP contribution in [0, 0.1) is 0 Å². The van der Waals surface area contributed by atoms with Crippen LogP contribution in [0.5, 0.6) is 5.75 Å². The van der Waals surface area contributed by atoms with Gasteiger partial charge in [-0.2, -0.15) is 0 Å². The van der Waals surface area contributed by atoms with Crippen molar-refractivity contribution in [3.8, 4) is 16.9 Å². The molecule has 4 nitrogen and oxygen atoms in total. The average molecular weight is 244 g/mol. The largest absolute Gasteiger partial charge is 0.508 e. The van der Waals surface area contributed by atoms with Gasteiger partial charge in [-0.1, -0.05) is 17.3 Å². The molecular formula is C14H16N2O2. The highest BCUT2D eigenvalue weighted by Gasteiger charge is 2.19. The Hall–Kier alpha value is -1.81. The van der Waals surface area contributed by atoms with Crippen molar-refractivity contribution in [3.05, 3.63) is 36.2 Å². The van der Waals surface area contributed by atoms with Crippen molar-refractivity contribution in [2.75, 3.05) is 6.54 Å². The van der Waals surface area contributed by atoms with E-state index in [2.05, 4.69) is 10.5 Å². The number of nitrogens with zero attached hydrogens (tertiary/aromatic N) is 1. The van der Waals surface area contributed by atoms with E-state index in [1.165, 1.54) is 12.8 Å². The van der Waals surface area contributed by atoms with E-state index in [0.29, 0.717) is 6.04 Å². The molecule has 1 aromatic heterocycles. The molecule has 1 aliphatic heterocycles. The summed E-state index contributed by atoms with van der Waals surface area (Å²) in [4.78, 5) is 0. The van der Waals surface area contributed by atoms with Gasteiger partial charge < -0.3 is 14.9 Å². The molecule has 1 saturated heterocycles. The first-order valence-corrected chi connectivity index (χ1v) is 6.29. The number of phenolic OH excluding ortho intramolecular Hbond substituents is 1. The van der Waals surface area contributed by atoms with Crippen LogP contribution in [0.25, 0.3) is 11.1 Å². The standard InChI is InChI=1S/C14H16N2O2/c17-12-5-3-10(4-6-12)13-9-16-18-14(13)8-11-2-1-7-15-11/h3-6,9,11,15,17H,1-2,7-8H2. The van der Waals surface area contributed by atoms with E-state index in [0.717, 1.165) is 29.9 Å². The van der Waals surface area contributed by atoms with Crippen molar-refractivity contribution in [3.63, 3.8) is 0 Å². The van der Waals surface area contributed by atoms with Crippen LogP contribution in [-0.4, -0.2) is 22.8 Å². The molecule has 0 aliphatic carbocycles. The highest BCUT2D eigenvalue weighted by atomic mass is 16.5. The van der Waals surface area contributed by atoms with Gasteiger partial charge in [0.15, 0.2) is 0 Å². The van der Waals surface area contributed by atoms with Gasteiger partial charge in [0.05, 0.1) is 6.20 Å². The number of phenols is 1. The Labute approximate surface area is 106 Å². The Balaban J connectivity index is 1.84. The lowest BCUT2D eigenvalue weighted by Gasteiger charge is -2.08. The third-order valence-corrected chi connectivity index (χ3v) is 3.42. The molecule has 1 aliphatic rings. The van der Waals surface area contributed by atoms with Gasteiger partial charge in [-0.15, -0.1) is 0 Å². The Kier molecular flexibility index (Phi) is 3.02. The van der Waals surface area contributed by atoms with Crippen LogP contribution in [0.4, 0.5) is 0 Å². The zero-order valence-corrected chi connectivity index (χ0v) is 10.1. The normalized spacial score (nSPS) is 19.2. The zero-order valence-electron chi connectivity index (χ0n) is 10.1. The molecule has 0 bridgehead atoms. The van der Waals surface area contributed by atoms with Crippen LogP contribution in [0.3, 0.4) is 0 Å². The molecule has 4 heteroatoms. The van der Waals surface area contributed by atoms with Gasteiger partial charge in [-0.05, 0) is 37.1 Å². The fourth-order valence-corrected chi connectivity index (χ4v) is 2.44. The molecule has 94 valence electrons. The second kappa shape index (κ2) is 4.82. The molecule has 0 radical (unpaired) electrons. The Morgan fingerprint density at radius 1 is 1.33 bits per heavy atom. The number of hydrogen-bond acceptors (Lipinski definition) is 4. The molecule has 1 fully saturated rings. The molecule has 0 saturated carbocycles.